The SMILES string of the molecule is Cc1c2c(cc[n+]1Cc1ccccc1)c1ccc(OCc3ccc(F)cc3)cc1n2Cc1ccc(F)cc1.[Br-]. The lowest BCUT2D eigenvalue weighted by Crippen LogP contribution is -3.00. The van der Waals surface area contributed by atoms with Gasteiger partial charge in [0.25, 0.3) is 0 Å². The van der Waals surface area contributed by atoms with Crippen molar-refractivity contribution in [2.75, 3.05) is 0 Å². The predicted octanol–water partition coefficient (Wildman–Crippen LogP) is 4.35. The zero-order valence-corrected chi connectivity index (χ0v) is 23.0. The maximum Gasteiger partial charge on any atom is 0.203 e. The van der Waals surface area contributed by atoms with Crippen LogP contribution in [0.5, 0.6) is 5.75 Å². The van der Waals surface area contributed by atoms with E-state index < -0.39 is 0 Å². The fraction of sp³-hybridized carbons (Fsp3) is 0.121. The van der Waals surface area contributed by atoms with E-state index in [-0.39, 0.29) is 28.6 Å². The molecule has 0 radical (unpaired) electrons. The van der Waals surface area contributed by atoms with Crippen LogP contribution in [0.2, 0.25) is 0 Å². The second kappa shape index (κ2) is 11.4. The lowest BCUT2D eigenvalue weighted by molar-refractivity contribution is -0.693. The number of aryl methyl sites for hydroxylation is 1. The van der Waals surface area contributed by atoms with E-state index in [0.717, 1.165) is 50.9 Å². The number of nitrogens with zero attached hydrogens (tertiary/aromatic N) is 2. The van der Waals surface area contributed by atoms with Crippen LogP contribution in [0.25, 0.3) is 21.8 Å². The van der Waals surface area contributed by atoms with Crippen molar-refractivity contribution in [2.24, 2.45) is 0 Å². The Morgan fingerprint density at radius 1 is 0.718 bits per heavy atom. The molecule has 0 spiro atoms. The molecule has 2 heterocycles. The minimum atomic E-state index is -0.264. The number of benzene rings is 4. The van der Waals surface area contributed by atoms with Crippen LogP contribution in [-0.2, 0) is 19.7 Å². The molecule has 39 heavy (non-hydrogen) atoms. The first-order chi connectivity index (χ1) is 18.5. The summed E-state index contributed by atoms with van der Waals surface area (Å²) < 4.78 is 37.6. The van der Waals surface area contributed by atoms with Crippen LogP contribution >= 0.6 is 0 Å². The number of fused-ring (bicyclic) bond motifs is 3. The number of halogens is 3. The Hall–Kier alpha value is -4.03. The molecule has 0 N–H and O–H groups in total. The van der Waals surface area contributed by atoms with E-state index in [1.54, 1.807) is 12.1 Å². The average molecular weight is 585 g/mol. The van der Waals surface area contributed by atoms with E-state index in [0.29, 0.717) is 13.2 Å². The second-order valence-electron chi connectivity index (χ2n) is 9.58. The lowest BCUT2D eigenvalue weighted by Gasteiger charge is -2.11. The fourth-order valence-electron chi connectivity index (χ4n) is 5.05. The molecule has 196 valence electrons. The van der Waals surface area contributed by atoms with Gasteiger partial charge < -0.3 is 26.3 Å². The van der Waals surface area contributed by atoms with E-state index in [1.807, 2.05) is 24.3 Å². The Morgan fingerprint density at radius 2 is 1.38 bits per heavy atom. The molecule has 0 saturated carbocycles. The van der Waals surface area contributed by atoms with Crippen molar-refractivity contribution in [3.8, 4) is 5.75 Å². The van der Waals surface area contributed by atoms with Crippen molar-refractivity contribution in [1.82, 2.24) is 4.57 Å². The van der Waals surface area contributed by atoms with Gasteiger partial charge in [-0.3, -0.25) is 0 Å². The zero-order chi connectivity index (χ0) is 26.1. The molecule has 4 aromatic carbocycles. The molecule has 0 bridgehead atoms. The van der Waals surface area contributed by atoms with Crippen molar-refractivity contribution in [3.63, 3.8) is 0 Å². The molecule has 0 unspecified atom stereocenters. The van der Waals surface area contributed by atoms with Gasteiger partial charge in [-0.25, -0.2) is 8.78 Å². The number of aromatic nitrogens is 2. The molecule has 0 amide bonds. The van der Waals surface area contributed by atoms with E-state index in [9.17, 15) is 8.78 Å². The van der Waals surface area contributed by atoms with Crippen LogP contribution in [-0.4, -0.2) is 4.57 Å². The highest BCUT2D eigenvalue weighted by Gasteiger charge is 2.20. The Labute approximate surface area is 236 Å². The topological polar surface area (TPSA) is 18.0 Å². The van der Waals surface area contributed by atoms with Gasteiger partial charge in [0.2, 0.25) is 5.69 Å². The van der Waals surface area contributed by atoms with Crippen LogP contribution in [0.15, 0.2) is 109 Å². The summed E-state index contributed by atoms with van der Waals surface area (Å²) in [5.74, 6) is 0.226. The molecule has 0 saturated heterocycles. The van der Waals surface area contributed by atoms with Crippen LogP contribution in [0.4, 0.5) is 8.78 Å². The monoisotopic (exact) mass is 584 g/mol. The van der Waals surface area contributed by atoms with Crippen molar-refractivity contribution >= 4 is 21.8 Å². The van der Waals surface area contributed by atoms with Crippen molar-refractivity contribution in [2.45, 2.75) is 26.6 Å². The Morgan fingerprint density at radius 3 is 2.08 bits per heavy atom. The summed E-state index contributed by atoms with van der Waals surface area (Å²) in [6.07, 6.45) is 2.14. The predicted molar refractivity (Wildman–Crippen MR) is 146 cm³/mol. The smallest absolute Gasteiger partial charge is 0.203 e. The van der Waals surface area contributed by atoms with Crippen LogP contribution < -0.4 is 26.3 Å². The van der Waals surface area contributed by atoms with E-state index in [4.69, 9.17) is 4.74 Å². The van der Waals surface area contributed by atoms with Gasteiger partial charge in [0, 0.05) is 41.9 Å². The number of pyridine rings is 1. The standard InChI is InChI=1S/C33H27F2N2O.BrH/c1-23-33-31(17-18-36(23)20-24-5-3-2-4-6-24)30-16-15-29(38-22-26-9-13-28(35)14-10-26)19-32(30)37(33)21-25-7-11-27(34)12-8-25;/h2-19H,20-22H2,1H3;1H/q+1;/p-1. The van der Waals surface area contributed by atoms with Gasteiger partial charge >= 0.3 is 0 Å². The van der Waals surface area contributed by atoms with E-state index in [2.05, 4.69) is 64.7 Å². The summed E-state index contributed by atoms with van der Waals surface area (Å²) in [6.45, 7) is 3.86. The number of rotatable bonds is 7. The summed E-state index contributed by atoms with van der Waals surface area (Å²) in [7, 11) is 0. The quantitative estimate of drug-likeness (QED) is 0.255. The Kier molecular flexibility index (Phi) is 7.75. The van der Waals surface area contributed by atoms with Gasteiger partial charge in [0.05, 0.1) is 5.52 Å². The maximum atomic E-state index is 13.6. The molecule has 0 atom stereocenters. The molecule has 3 nitrogen and oxygen atoms in total. The summed E-state index contributed by atoms with van der Waals surface area (Å²) in [6, 6.07) is 31.7. The number of hydrogen-bond acceptors (Lipinski definition) is 1. The normalized spacial score (nSPS) is 11.1. The van der Waals surface area contributed by atoms with Crippen LogP contribution in [0, 0.1) is 18.6 Å². The number of hydrogen-bond donors (Lipinski definition) is 0. The van der Waals surface area contributed by atoms with Crippen molar-refractivity contribution in [1.29, 1.82) is 0 Å². The molecule has 6 heteroatoms. The molecule has 0 fully saturated rings. The van der Waals surface area contributed by atoms with Crippen molar-refractivity contribution in [3.05, 3.63) is 143 Å². The first-order valence-corrected chi connectivity index (χ1v) is 12.7. The first-order valence-electron chi connectivity index (χ1n) is 12.7. The third-order valence-electron chi connectivity index (χ3n) is 7.04. The van der Waals surface area contributed by atoms with Crippen molar-refractivity contribution < 1.29 is 35.1 Å². The van der Waals surface area contributed by atoms with Gasteiger partial charge in [-0.05, 0) is 47.5 Å². The zero-order valence-electron chi connectivity index (χ0n) is 21.5. The highest BCUT2D eigenvalue weighted by molar-refractivity contribution is 6.08. The van der Waals surface area contributed by atoms with Gasteiger partial charge in [-0.15, -0.1) is 0 Å². The fourth-order valence-corrected chi connectivity index (χ4v) is 5.05. The summed E-state index contributed by atoms with van der Waals surface area (Å²) in [5, 5.41) is 2.29. The minimum absolute atomic E-state index is 0. The molecular formula is C33H27BrF2N2O. The molecule has 0 aliphatic rings. The average Bonchev–Trinajstić information content (AvgIpc) is 3.25. The molecule has 6 aromatic rings. The molecule has 0 aliphatic carbocycles. The van der Waals surface area contributed by atoms with Gasteiger partial charge in [0.15, 0.2) is 12.7 Å². The van der Waals surface area contributed by atoms with Gasteiger partial charge in [-0.2, -0.15) is 4.57 Å². The Bertz CT molecular complexity index is 1730. The minimum Gasteiger partial charge on any atom is -1.00 e. The van der Waals surface area contributed by atoms with E-state index in [1.165, 1.54) is 29.8 Å². The highest BCUT2D eigenvalue weighted by Crippen LogP contribution is 2.33. The van der Waals surface area contributed by atoms with Gasteiger partial charge in [0.1, 0.15) is 29.5 Å². The lowest BCUT2D eigenvalue weighted by atomic mass is 10.1. The molecular weight excluding hydrogens is 558 g/mol. The molecule has 2 aromatic heterocycles. The largest absolute Gasteiger partial charge is 1.00 e. The molecule has 6 rings (SSSR count). The summed E-state index contributed by atoms with van der Waals surface area (Å²) >= 11 is 0. The van der Waals surface area contributed by atoms with Crippen LogP contribution in [0.1, 0.15) is 22.4 Å². The highest BCUT2D eigenvalue weighted by atomic mass is 79.9. The van der Waals surface area contributed by atoms with E-state index >= 15 is 0 Å². The third kappa shape index (κ3) is 5.57. The second-order valence-corrected chi connectivity index (χ2v) is 9.58. The number of ether oxygens (including phenoxy) is 1. The van der Waals surface area contributed by atoms with Crippen LogP contribution in [0.3, 0.4) is 0 Å². The third-order valence-corrected chi connectivity index (χ3v) is 7.04. The molecule has 0 aliphatic heterocycles. The Balaban J connectivity index is 0.00000308. The first kappa shape index (κ1) is 26.6. The summed E-state index contributed by atoms with van der Waals surface area (Å²) in [4.78, 5) is 0. The summed E-state index contributed by atoms with van der Waals surface area (Å²) in [5.41, 5.74) is 6.48. The maximum absolute atomic E-state index is 13.6. The van der Waals surface area contributed by atoms with Gasteiger partial charge in [-0.1, -0.05) is 54.6 Å².